The minimum absolute atomic E-state index is 0.134. The number of fused-ring (bicyclic) bond motifs is 1. The molecule has 3 aromatic rings. The molecule has 5 heteroatoms. The fourth-order valence-electron chi connectivity index (χ4n) is 3.83. The molecule has 0 radical (unpaired) electrons. The number of amides is 2. The summed E-state index contributed by atoms with van der Waals surface area (Å²) in [6.45, 7) is 4.63. The third kappa shape index (κ3) is 4.04. The van der Waals surface area contributed by atoms with E-state index in [1.807, 2.05) is 50.2 Å². The van der Waals surface area contributed by atoms with Crippen LogP contribution < -0.4 is 10.2 Å². The molecule has 146 valence electrons. The fourth-order valence-corrected chi connectivity index (χ4v) is 3.83. The van der Waals surface area contributed by atoms with Gasteiger partial charge in [-0.1, -0.05) is 24.3 Å². The number of aryl methyl sites for hydroxylation is 3. The SMILES string of the molecule is Cc1cc(C)cc(NC(=O)c2cncc(C(=O)N3CCCc4ccccc43)c2)c1. The lowest BCUT2D eigenvalue weighted by molar-refractivity contribution is 0.0984. The molecule has 0 atom stereocenters. The predicted octanol–water partition coefficient (Wildman–Crippen LogP) is 4.54. The van der Waals surface area contributed by atoms with Gasteiger partial charge in [-0.15, -0.1) is 0 Å². The average Bonchev–Trinajstić information content (AvgIpc) is 2.72. The van der Waals surface area contributed by atoms with Gasteiger partial charge < -0.3 is 10.2 Å². The van der Waals surface area contributed by atoms with Crippen LogP contribution in [0, 0.1) is 13.8 Å². The first-order valence-electron chi connectivity index (χ1n) is 9.76. The Hall–Kier alpha value is -3.47. The van der Waals surface area contributed by atoms with Crippen molar-refractivity contribution in [2.75, 3.05) is 16.8 Å². The number of aromatic nitrogens is 1. The lowest BCUT2D eigenvalue weighted by Crippen LogP contribution is -2.35. The van der Waals surface area contributed by atoms with Gasteiger partial charge in [-0.2, -0.15) is 0 Å². The number of nitrogens with zero attached hydrogens (tertiary/aromatic N) is 2. The van der Waals surface area contributed by atoms with Gasteiger partial charge >= 0.3 is 0 Å². The molecule has 2 amide bonds. The molecule has 2 heterocycles. The molecular formula is C24H23N3O2. The maximum atomic E-state index is 13.1. The van der Waals surface area contributed by atoms with E-state index in [1.165, 1.54) is 18.0 Å². The second-order valence-electron chi connectivity index (χ2n) is 7.48. The summed E-state index contributed by atoms with van der Waals surface area (Å²) in [5, 5.41) is 2.90. The van der Waals surface area contributed by atoms with Crippen molar-refractivity contribution in [2.45, 2.75) is 26.7 Å². The number of rotatable bonds is 3. The summed E-state index contributed by atoms with van der Waals surface area (Å²) in [7, 11) is 0. The molecule has 0 aliphatic carbocycles. The zero-order chi connectivity index (χ0) is 20.4. The van der Waals surface area contributed by atoms with Crippen LogP contribution in [0.15, 0.2) is 60.9 Å². The first-order chi connectivity index (χ1) is 14.0. The number of para-hydroxylation sites is 1. The van der Waals surface area contributed by atoms with Gasteiger partial charge in [-0.3, -0.25) is 14.6 Å². The summed E-state index contributed by atoms with van der Waals surface area (Å²) in [6, 6.07) is 15.5. The van der Waals surface area contributed by atoms with E-state index in [2.05, 4.69) is 16.4 Å². The Morgan fingerprint density at radius 1 is 0.966 bits per heavy atom. The quantitative estimate of drug-likeness (QED) is 0.720. The van der Waals surface area contributed by atoms with E-state index in [0.29, 0.717) is 17.7 Å². The topological polar surface area (TPSA) is 62.3 Å². The van der Waals surface area contributed by atoms with Crippen LogP contribution in [0.2, 0.25) is 0 Å². The number of benzene rings is 2. The highest BCUT2D eigenvalue weighted by Gasteiger charge is 2.24. The zero-order valence-electron chi connectivity index (χ0n) is 16.6. The molecular weight excluding hydrogens is 362 g/mol. The van der Waals surface area contributed by atoms with E-state index >= 15 is 0 Å². The molecule has 2 aromatic carbocycles. The van der Waals surface area contributed by atoms with Crippen molar-refractivity contribution in [1.29, 1.82) is 0 Å². The number of anilines is 2. The Morgan fingerprint density at radius 2 is 1.69 bits per heavy atom. The van der Waals surface area contributed by atoms with Gasteiger partial charge in [0.05, 0.1) is 11.1 Å². The van der Waals surface area contributed by atoms with Crippen LogP contribution in [-0.2, 0) is 6.42 Å². The molecule has 0 saturated carbocycles. The van der Waals surface area contributed by atoms with Crippen LogP contribution in [0.25, 0.3) is 0 Å². The molecule has 1 aliphatic rings. The van der Waals surface area contributed by atoms with Crippen molar-refractivity contribution >= 4 is 23.2 Å². The van der Waals surface area contributed by atoms with Crippen LogP contribution in [0.1, 0.15) is 43.8 Å². The molecule has 1 aromatic heterocycles. The van der Waals surface area contributed by atoms with Crippen molar-refractivity contribution in [3.63, 3.8) is 0 Å². The Kier molecular flexibility index (Phi) is 5.12. The third-order valence-corrected chi connectivity index (χ3v) is 5.08. The number of hydrogen-bond acceptors (Lipinski definition) is 3. The molecule has 0 unspecified atom stereocenters. The molecule has 0 saturated heterocycles. The van der Waals surface area contributed by atoms with Gasteiger partial charge in [0.25, 0.3) is 11.8 Å². The molecule has 0 fully saturated rings. The molecule has 1 N–H and O–H groups in total. The van der Waals surface area contributed by atoms with Crippen LogP contribution in [0.3, 0.4) is 0 Å². The second kappa shape index (κ2) is 7.87. The Labute approximate surface area is 170 Å². The van der Waals surface area contributed by atoms with Crippen LogP contribution in [-0.4, -0.2) is 23.3 Å². The molecule has 5 nitrogen and oxygen atoms in total. The van der Waals surface area contributed by atoms with Crippen molar-refractivity contribution in [3.05, 3.63) is 88.7 Å². The monoisotopic (exact) mass is 385 g/mol. The van der Waals surface area contributed by atoms with E-state index < -0.39 is 0 Å². The van der Waals surface area contributed by atoms with E-state index in [4.69, 9.17) is 0 Å². The lowest BCUT2D eigenvalue weighted by atomic mass is 10.0. The maximum absolute atomic E-state index is 13.1. The van der Waals surface area contributed by atoms with Crippen LogP contribution >= 0.6 is 0 Å². The lowest BCUT2D eigenvalue weighted by Gasteiger charge is -2.29. The molecule has 1 aliphatic heterocycles. The van der Waals surface area contributed by atoms with Crippen LogP contribution in [0.4, 0.5) is 11.4 Å². The fraction of sp³-hybridized carbons (Fsp3) is 0.208. The van der Waals surface area contributed by atoms with E-state index in [1.54, 1.807) is 11.0 Å². The number of nitrogens with one attached hydrogen (secondary N) is 1. The van der Waals surface area contributed by atoms with Crippen molar-refractivity contribution in [1.82, 2.24) is 4.98 Å². The minimum atomic E-state index is -0.281. The van der Waals surface area contributed by atoms with Crippen molar-refractivity contribution in [3.8, 4) is 0 Å². The largest absolute Gasteiger partial charge is 0.322 e. The van der Waals surface area contributed by atoms with E-state index in [9.17, 15) is 9.59 Å². The van der Waals surface area contributed by atoms with E-state index in [0.717, 1.165) is 35.3 Å². The van der Waals surface area contributed by atoms with Gasteiger partial charge in [0.1, 0.15) is 0 Å². The van der Waals surface area contributed by atoms with E-state index in [-0.39, 0.29) is 11.8 Å². The van der Waals surface area contributed by atoms with Gasteiger partial charge in [0.2, 0.25) is 0 Å². The highest BCUT2D eigenvalue weighted by molar-refractivity contribution is 6.09. The Balaban J connectivity index is 1.57. The molecule has 29 heavy (non-hydrogen) atoms. The van der Waals surface area contributed by atoms with Crippen LogP contribution in [0.5, 0.6) is 0 Å². The average molecular weight is 385 g/mol. The minimum Gasteiger partial charge on any atom is -0.322 e. The number of carbonyl (C=O) groups excluding carboxylic acids is 2. The smallest absolute Gasteiger partial charge is 0.259 e. The highest BCUT2D eigenvalue weighted by Crippen LogP contribution is 2.28. The summed E-state index contributed by atoms with van der Waals surface area (Å²) in [5.41, 5.74) is 5.76. The highest BCUT2D eigenvalue weighted by atomic mass is 16.2. The first-order valence-corrected chi connectivity index (χ1v) is 9.76. The second-order valence-corrected chi connectivity index (χ2v) is 7.48. The maximum Gasteiger partial charge on any atom is 0.259 e. The van der Waals surface area contributed by atoms with Crippen molar-refractivity contribution in [2.24, 2.45) is 0 Å². The third-order valence-electron chi connectivity index (χ3n) is 5.08. The standard InChI is InChI=1S/C24H23N3O2/c1-16-10-17(2)12-21(11-16)26-23(28)19-13-20(15-25-14-19)24(29)27-9-5-7-18-6-3-4-8-22(18)27/h3-4,6,8,10-15H,5,7,9H2,1-2H3,(H,26,28). The Bertz CT molecular complexity index is 1070. The summed E-state index contributed by atoms with van der Waals surface area (Å²) in [4.78, 5) is 31.8. The Morgan fingerprint density at radius 3 is 2.48 bits per heavy atom. The number of carbonyl (C=O) groups is 2. The van der Waals surface area contributed by atoms with Gasteiger partial charge in [-0.25, -0.2) is 0 Å². The summed E-state index contributed by atoms with van der Waals surface area (Å²) in [6.07, 6.45) is 4.89. The normalized spacial score (nSPS) is 13.0. The summed E-state index contributed by atoms with van der Waals surface area (Å²) >= 11 is 0. The van der Waals surface area contributed by atoms with Gasteiger partial charge in [0.15, 0.2) is 0 Å². The first kappa shape index (κ1) is 18.9. The predicted molar refractivity (Wildman–Crippen MR) is 115 cm³/mol. The number of pyridine rings is 1. The van der Waals surface area contributed by atoms with Gasteiger partial charge in [0, 0.05) is 30.3 Å². The summed E-state index contributed by atoms with van der Waals surface area (Å²) < 4.78 is 0. The number of hydrogen-bond donors (Lipinski definition) is 1. The molecule has 0 bridgehead atoms. The zero-order valence-corrected chi connectivity index (χ0v) is 16.6. The molecule has 0 spiro atoms. The molecule has 4 rings (SSSR count). The summed E-state index contributed by atoms with van der Waals surface area (Å²) in [5.74, 6) is -0.415. The van der Waals surface area contributed by atoms with Crippen molar-refractivity contribution < 1.29 is 9.59 Å². The van der Waals surface area contributed by atoms with Gasteiger partial charge in [-0.05, 0) is 67.6 Å².